The van der Waals surface area contributed by atoms with Crippen molar-refractivity contribution in [2.75, 3.05) is 11.5 Å². The van der Waals surface area contributed by atoms with Crippen molar-refractivity contribution in [1.82, 2.24) is 19.7 Å². The Morgan fingerprint density at radius 2 is 1.73 bits per heavy atom. The lowest BCUT2D eigenvalue weighted by Gasteiger charge is -2.39. The van der Waals surface area contributed by atoms with Crippen LogP contribution in [-0.4, -0.2) is 45.2 Å². The normalized spacial score (nSPS) is 18.4. The Morgan fingerprint density at radius 3 is 2.43 bits per heavy atom. The van der Waals surface area contributed by atoms with Crippen molar-refractivity contribution >= 4 is 46.8 Å². The van der Waals surface area contributed by atoms with E-state index < -0.39 is 8.32 Å². The fraction of sp³-hybridized carbons (Fsp3) is 0.370. The molecule has 1 aliphatic heterocycles. The van der Waals surface area contributed by atoms with Gasteiger partial charge in [-0.15, -0.1) is 0 Å². The number of nitrogens with two attached hydrogens (primary N) is 1. The van der Waals surface area contributed by atoms with E-state index in [0.717, 1.165) is 39.5 Å². The van der Waals surface area contributed by atoms with Crippen LogP contribution in [0.3, 0.4) is 0 Å². The summed E-state index contributed by atoms with van der Waals surface area (Å²) < 4.78 is 14.8. The molecule has 1 unspecified atom stereocenters. The SMILES string of the molecule is CC(C)(C)[Si](C)(C)OC1CSS[C@@H]1Cn1nc(-c2ccc(Oc3ccccc3)cc2)c2c(N)ncnc21. The number of hydrogen-bond donors (Lipinski definition) is 1. The predicted octanol–water partition coefficient (Wildman–Crippen LogP) is 7.02. The van der Waals surface area contributed by atoms with Gasteiger partial charge < -0.3 is 14.9 Å². The molecule has 0 aliphatic carbocycles. The Balaban J connectivity index is 1.42. The maximum absolute atomic E-state index is 6.82. The van der Waals surface area contributed by atoms with Gasteiger partial charge in [-0.25, -0.2) is 14.6 Å². The van der Waals surface area contributed by atoms with Gasteiger partial charge in [-0.2, -0.15) is 5.10 Å². The zero-order valence-corrected chi connectivity index (χ0v) is 24.5. The second-order valence-corrected chi connectivity index (χ2v) is 18.2. The first-order chi connectivity index (χ1) is 17.6. The van der Waals surface area contributed by atoms with Gasteiger partial charge in [0.25, 0.3) is 0 Å². The van der Waals surface area contributed by atoms with E-state index in [9.17, 15) is 0 Å². The van der Waals surface area contributed by atoms with Gasteiger partial charge in [0.1, 0.15) is 29.3 Å². The van der Waals surface area contributed by atoms with Crippen LogP contribution in [0.2, 0.25) is 18.1 Å². The fourth-order valence-electron chi connectivity index (χ4n) is 4.01. The minimum atomic E-state index is -1.89. The Bertz CT molecular complexity index is 1370. The topological polar surface area (TPSA) is 88.1 Å². The third-order valence-electron chi connectivity index (χ3n) is 7.11. The van der Waals surface area contributed by atoms with E-state index in [1.54, 1.807) is 0 Å². The van der Waals surface area contributed by atoms with Crippen molar-refractivity contribution < 1.29 is 9.16 Å². The molecule has 1 aliphatic rings. The van der Waals surface area contributed by atoms with Crippen LogP contribution >= 0.6 is 21.6 Å². The molecule has 0 radical (unpaired) electrons. The first-order valence-corrected chi connectivity index (χ1v) is 17.7. The quantitative estimate of drug-likeness (QED) is 0.194. The minimum absolute atomic E-state index is 0.166. The monoisotopic (exact) mass is 551 g/mol. The molecule has 194 valence electrons. The first-order valence-electron chi connectivity index (χ1n) is 12.4. The van der Waals surface area contributed by atoms with Gasteiger partial charge in [-0.1, -0.05) is 60.6 Å². The number of benzene rings is 2. The van der Waals surface area contributed by atoms with E-state index >= 15 is 0 Å². The van der Waals surface area contributed by atoms with E-state index in [2.05, 4.69) is 43.8 Å². The highest BCUT2D eigenvalue weighted by Crippen LogP contribution is 2.45. The molecule has 2 aromatic heterocycles. The van der Waals surface area contributed by atoms with Crippen LogP contribution in [0, 0.1) is 0 Å². The molecule has 1 fully saturated rings. The number of nitrogen functional groups attached to an aromatic ring is 1. The summed E-state index contributed by atoms with van der Waals surface area (Å²) in [5.41, 5.74) is 8.81. The lowest BCUT2D eigenvalue weighted by atomic mass is 10.1. The molecule has 37 heavy (non-hydrogen) atoms. The van der Waals surface area contributed by atoms with Crippen LogP contribution < -0.4 is 10.5 Å². The number of hydrogen-bond acceptors (Lipinski definition) is 8. The summed E-state index contributed by atoms with van der Waals surface area (Å²) in [6, 6.07) is 17.6. The molecular weight excluding hydrogens is 519 g/mol. The molecular formula is C27H33N5O2S2Si. The minimum Gasteiger partial charge on any atom is -0.457 e. The van der Waals surface area contributed by atoms with E-state index in [4.69, 9.17) is 20.0 Å². The van der Waals surface area contributed by atoms with Crippen molar-refractivity contribution in [1.29, 1.82) is 0 Å². The molecule has 5 rings (SSSR count). The highest BCUT2D eigenvalue weighted by Gasteiger charge is 2.42. The highest BCUT2D eigenvalue weighted by molar-refractivity contribution is 8.77. The van der Waals surface area contributed by atoms with Gasteiger partial charge in [-0.3, -0.25) is 0 Å². The summed E-state index contributed by atoms with van der Waals surface area (Å²) in [5.74, 6) is 2.96. The molecule has 7 nitrogen and oxygen atoms in total. The molecule has 0 spiro atoms. The van der Waals surface area contributed by atoms with E-state index in [-0.39, 0.29) is 16.4 Å². The van der Waals surface area contributed by atoms with Crippen molar-refractivity contribution in [3.63, 3.8) is 0 Å². The second kappa shape index (κ2) is 10.3. The number of para-hydroxylation sites is 1. The molecule has 2 aromatic carbocycles. The standard InChI is InChI=1S/C27H33N5O2S2Si/c1-27(2,3)37(4,5)34-21-16-35-36-22(21)15-32-26-23(25(28)29-17-30-26)24(31-32)18-11-13-20(14-12-18)33-19-9-7-6-8-10-19/h6-14,17,21-22H,15-16H2,1-5H3,(H2,28,29,30)/t21?,22-/m1/s1. The first kappa shape index (κ1) is 26.1. The summed E-state index contributed by atoms with van der Waals surface area (Å²) in [6.07, 6.45) is 1.68. The average molecular weight is 552 g/mol. The molecule has 3 heterocycles. The third-order valence-corrected chi connectivity index (χ3v) is 14.5. The molecule has 1 saturated heterocycles. The Kier molecular flexibility index (Phi) is 7.28. The Hall–Kier alpha value is -2.53. The van der Waals surface area contributed by atoms with Crippen molar-refractivity contribution in [2.24, 2.45) is 0 Å². The summed E-state index contributed by atoms with van der Waals surface area (Å²) in [7, 11) is 1.87. The third kappa shape index (κ3) is 5.52. The molecule has 2 atom stereocenters. The second-order valence-electron chi connectivity index (χ2n) is 10.8. The van der Waals surface area contributed by atoms with Crippen LogP contribution in [0.25, 0.3) is 22.3 Å². The van der Waals surface area contributed by atoms with E-state index in [0.29, 0.717) is 12.4 Å². The van der Waals surface area contributed by atoms with Crippen LogP contribution in [0.4, 0.5) is 5.82 Å². The average Bonchev–Trinajstić information content (AvgIpc) is 3.45. The molecule has 2 N–H and O–H groups in total. The number of ether oxygens (including phenoxy) is 1. The predicted molar refractivity (Wildman–Crippen MR) is 158 cm³/mol. The largest absolute Gasteiger partial charge is 0.457 e. The van der Waals surface area contributed by atoms with E-state index in [1.807, 2.05) is 80.9 Å². The summed E-state index contributed by atoms with van der Waals surface area (Å²) in [5, 5.41) is 6.22. The highest BCUT2D eigenvalue weighted by atomic mass is 33.1. The van der Waals surface area contributed by atoms with Gasteiger partial charge in [0.05, 0.1) is 23.3 Å². The number of nitrogens with zero attached hydrogens (tertiary/aromatic N) is 4. The van der Waals surface area contributed by atoms with Crippen molar-refractivity contribution in [3.05, 3.63) is 60.9 Å². The molecule has 0 amide bonds. The zero-order valence-electron chi connectivity index (χ0n) is 21.8. The summed E-state index contributed by atoms with van der Waals surface area (Å²) in [4.78, 5) is 8.84. The number of aromatic nitrogens is 4. The number of rotatable bonds is 7. The van der Waals surface area contributed by atoms with Gasteiger partial charge in [0.15, 0.2) is 14.0 Å². The summed E-state index contributed by atoms with van der Waals surface area (Å²) >= 11 is 0. The van der Waals surface area contributed by atoms with Crippen molar-refractivity contribution in [2.45, 2.75) is 56.8 Å². The Morgan fingerprint density at radius 1 is 1.03 bits per heavy atom. The Labute approximate surface area is 227 Å². The maximum atomic E-state index is 6.82. The number of anilines is 1. The van der Waals surface area contributed by atoms with Gasteiger partial charge in [-0.05, 0) is 54.5 Å². The lowest BCUT2D eigenvalue weighted by molar-refractivity contribution is 0.195. The van der Waals surface area contributed by atoms with Crippen LogP contribution in [0.15, 0.2) is 60.9 Å². The van der Waals surface area contributed by atoms with Gasteiger partial charge in [0.2, 0.25) is 0 Å². The maximum Gasteiger partial charge on any atom is 0.192 e. The van der Waals surface area contributed by atoms with Gasteiger partial charge >= 0.3 is 0 Å². The lowest BCUT2D eigenvalue weighted by Crippen LogP contribution is -2.46. The van der Waals surface area contributed by atoms with Crippen LogP contribution in [0.5, 0.6) is 11.5 Å². The van der Waals surface area contributed by atoms with E-state index in [1.165, 1.54) is 6.33 Å². The molecule has 4 aromatic rings. The molecule has 0 saturated carbocycles. The van der Waals surface area contributed by atoms with Crippen molar-refractivity contribution in [3.8, 4) is 22.8 Å². The zero-order chi connectivity index (χ0) is 26.2. The fourth-order valence-corrected chi connectivity index (χ4v) is 8.59. The van der Waals surface area contributed by atoms with Crippen LogP contribution in [-0.2, 0) is 11.0 Å². The van der Waals surface area contributed by atoms with Gasteiger partial charge in [0, 0.05) is 11.3 Å². The molecule has 0 bridgehead atoms. The smallest absolute Gasteiger partial charge is 0.192 e. The summed E-state index contributed by atoms with van der Waals surface area (Å²) in [6.45, 7) is 12.2. The number of fused-ring (bicyclic) bond motifs is 1. The van der Waals surface area contributed by atoms with Crippen LogP contribution in [0.1, 0.15) is 20.8 Å². The molecule has 10 heteroatoms.